The van der Waals surface area contributed by atoms with Crippen LogP contribution in [0.4, 0.5) is 21.0 Å². The fraction of sp³-hybridized carbons (Fsp3) is 0.500. The lowest BCUT2D eigenvalue weighted by atomic mass is 10.2. The fourth-order valence-corrected chi connectivity index (χ4v) is 3.13. The molecule has 0 atom stereocenters. The van der Waals surface area contributed by atoms with Crippen molar-refractivity contribution in [2.45, 2.75) is 65.2 Å². The number of amides is 2. The first-order valence-electron chi connectivity index (χ1n) is 12.9. The Morgan fingerprint density at radius 1 is 0.556 bits per heavy atom. The number of nitrogens with one attached hydrogen (secondary N) is 2. The number of hydrogen-bond acceptors (Lipinski definition) is 6. The number of anilines is 2. The van der Waals surface area contributed by atoms with Crippen molar-refractivity contribution in [3.8, 4) is 11.5 Å². The van der Waals surface area contributed by atoms with Crippen LogP contribution in [0.15, 0.2) is 48.5 Å². The highest BCUT2D eigenvalue weighted by atomic mass is 16.6. The molecule has 0 spiro atoms. The molecule has 0 saturated carbocycles. The van der Waals surface area contributed by atoms with Gasteiger partial charge in [-0.3, -0.25) is 10.6 Å². The normalized spacial score (nSPS) is 10.4. The highest BCUT2D eigenvalue weighted by Gasteiger charge is 2.05. The van der Waals surface area contributed by atoms with Gasteiger partial charge in [-0.2, -0.15) is 0 Å². The molecule has 8 nitrogen and oxygen atoms in total. The summed E-state index contributed by atoms with van der Waals surface area (Å²) in [5.74, 6) is 1.57. The second-order valence-corrected chi connectivity index (χ2v) is 8.39. The van der Waals surface area contributed by atoms with Crippen molar-refractivity contribution >= 4 is 23.6 Å². The highest BCUT2D eigenvalue weighted by molar-refractivity contribution is 5.85. The van der Waals surface area contributed by atoms with Crippen LogP contribution in [0.3, 0.4) is 0 Å². The van der Waals surface area contributed by atoms with E-state index in [-0.39, 0.29) is 0 Å². The van der Waals surface area contributed by atoms with Crippen LogP contribution in [0.1, 0.15) is 65.2 Å². The minimum absolute atomic E-state index is 0.337. The molecular weight excluding hydrogens is 460 g/mol. The van der Waals surface area contributed by atoms with Crippen LogP contribution >= 0.6 is 0 Å². The topological polar surface area (TPSA) is 95.1 Å². The zero-order valence-electron chi connectivity index (χ0n) is 21.6. The Labute approximate surface area is 214 Å². The van der Waals surface area contributed by atoms with Gasteiger partial charge in [-0.25, -0.2) is 9.59 Å². The van der Waals surface area contributed by atoms with Crippen LogP contribution in [0.25, 0.3) is 0 Å². The van der Waals surface area contributed by atoms with E-state index in [0.29, 0.717) is 37.8 Å². The summed E-state index contributed by atoms with van der Waals surface area (Å²) in [5, 5.41) is 5.41. The molecule has 2 N–H and O–H groups in total. The summed E-state index contributed by atoms with van der Waals surface area (Å²) in [6, 6.07) is 14.5. The van der Waals surface area contributed by atoms with Gasteiger partial charge in [-0.05, 0) is 87.1 Å². The van der Waals surface area contributed by atoms with Crippen LogP contribution in [0.5, 0.6) is 11.5 Å². The molecule has 8 heteroatoms. The molecule has 0 fully saturated rings. The van der Waals surface area contributed by atoms with Crippen LogP contribution in [-0.2, 0) is 9.47 Å². The third-order valence-corrected chi connectivity index (χ3v) is 5.24. The van der Waals surface area contributed by atoms with E-state index in [4.69, 9.17) is 18.9 Å². The summed E-state index contributed by atoms with van der Waals surface area (Å²) in [6.45, 7) is 6.28. The van der Waals surface area contributed by atoms with Crippen molar-refractivity contribution in [1.82, 2.24) is 0 Å². The molecule has 2 aromatic carbocycles. The van der Waals surface area contributed by atoms with Gasteiger partial charge >= 0.3 is 12.2 Å². The molecule has 0 saturated heterocycles. The number of carbonyl (C=O) groups is 2. The van der Waals surface area contributed by atoms with Gasteiger partial charge in [0.15, 0.2) is 0 Å². The van der Waals surface area contributed by atoms with Crippen LogP contribution in [-0.4, -0.2) is 38.6 Å². The smallest absolute Gasteiger partial charge is 0.411 e. The van der Waals surface area contributed by atoms with Crippen molar-refractivity contribution in [2.75, 3.05) is 37.1 Å². The third kappa shape index (κ3) is 12.9. The van der Waals surface area contributed by atoms with Gasteiger partial charge in [0.2, 0.25) is 0 Å². The monoisotopic (exact) mass is 500 g/mol. The Balaban J connectivity index is 1.47. The van der Waals surface area contributed by atoms with Gasteiger partial charge in [-0.1, -0.05) is 26.7 Å². The average Bonchev–Trinajstić information content (AvgIpc) is 2.88. The molecule has 0 radical (unpaired) electrons. The fourth-order valence-electron chi connectivity index (χ4n) is 3.13. The number of hydrogen-bond donors (Lipinski definition) is 2. The zero-order valence-corrected chi connectivity index (χ0v) is 21.6. The summed E-state index contributed by atoms with van der Waals surface area (Å²) >= 11 is 0. The molecular formula is C28H40N2O6. The van der Waals surface area contributed by atoms with E-state index in [1.807, 2.05) is 24.3 Å². The van der Waals surface area contributed by atoms with E-state index in [0.717, 1.165) is 62.9 Å². The predicted octanol–water partition coefficient (Wildman–Crippen LogP) is 7.40. The van der Waals surface area contributed by atoms with Gasteiger partial charge < -0.3 is 18.9 Å². The maximum atomic E-state index is 11.9. The maximum absolute atomic E-state index is 11.9. The first-order chi connectivity index (χ1) is 17.6. The molecule has 0 aliphatic carbocycles. The molecule has 0 aliphatic rings. The van der Waals surface area contributed by atoms with Crippen LogP contribution in [0, 0.1) is 0 Å². The SMILES string of the molecule is CCCCOc1ccc(NC(=O)OCCCCCCOC(=O)Nc2ccc(OCCCC)cc2)cc1. The van der Waals surface area contributed by atoms with Crippen LogP contribution < -0.4 is 20.1 Å². The predicted molar refractivity (Wildman–Crippen MR) is 142 cm³/mol. The Bertz CT molecular complexity index is 797. The van der Waals surface area contributed by atoms with E-state index in [2.05, 4.69) is 24.5 Å². The van der Waals surface area contributed by atoms with E-state index in [9.17, 15) is 9.59 Å². The minimum atomic E-state index is -0.477. The molecule has 198 valence electrons. The number of benzene rings is 2. The summed E-state index contributed by atoms with van der Waals surface area (Å²) in [7, 11) is 0. The van der Waals surface area contributed by atoms with E-state index in [1.54, 1.807) is 24.3 Å². The standard InChI is InChI=1S/C28H40N2O6/c1-3-5-19-33-25-15-11-23(12-16-25)29-27(31)35-21-9-7-8-10-22-36-28(32)30-24-13-17-26(18-14-24)34-20-6-4-2/h11-18H,3-10,19-22H2,1-2H3,(H,29,31)(H,30,32). The third-order valence-electron chi connectivity index (χ3n) is 5.24. The van der Waals surface area contributed by atoms with Crippen molar-refractivity contribution in [1.29, 1.82) is 0 Å². The zero-order chi connectivity index (χ0) is 25.8. The maximum Gasteiger partial charge on any atom is 0.411 e. The van der Waals surface area contributed by atoms with E-state index < -0.39 is 12.2 Å². The highest BCUT2D eigenvalue weighted by Crippen LogP contribution is 2.17. The molecule has 2 rings (SSSR count). The molecule has 0 heterocycles. The van der Waals surface area contributed by atoms with Gasteiger partial charge in [0, 0.05) is 11.4 Å². The molecule has 0 aliphatic heterocycles. The largest absolute Gasteiger partial charge is 0.494 e. The molecule has 2 amide bonds. The van der Waals surface area contributed by atoms with Crippen molar-refractivity contribution in [3.63, 3.8) is 0 Å². The lowest BCUT2D eigenvalue weighted by molar-refractivity contribution is 0.153. The van der Waals surface area contributed by atoms with Crippen molar-refractivity contribution in [2.24, 2.45) is 0 Å². The Morgan fingerprint density at radius 3 is 1.31 bits per heavy atom. The van der Waals surface area contributed by atoms with Crippen molar-refractivity contribution < 1.29 is 28.5 Å². The quantitative estimate of drug-likeness (QED) is 0.220. The second-order valence-electron chi connectivity index (χ2n) is 8.39. The van der Waals surface area contributed by atoms with Gasteiger partial charge in [0.25, 0.3) is 0 Å². The second kappa shape index (κ2) is 17.9. The molecule has 0 unspecified atom stereocenters. The minimum Gasteiger partial charge on any atom is -0.494 e. The number of carbonyl (C=O) groups excluding carboxylic acids is 2. The molecule has 0 aromatic heterocycles. The van der Waals surface area contributed by atoms with Gasteiger partial charge in [0.1, 0.15) is 11.5 Å². The summed E-state index contributed by atoms with van der Waals surface area (Å²) in [4.78, 5) is 23.8. The van der Waals surface area contributed by atoms with Gasteiger partial charge in [-0.15, -0.1) is 0 Å². The lowest BCUT2D eigenvalue weighted by Crippen LogP contribution is -2.15. The van der Waals surface area contributed by atoms with Gasteiger partial charge in [0.05, 0.1) is 26.4 Å². The van der Waals surface area contributed by atoms with Crippen LogP contribution in [0.2, 0.25) is 0 Å². The summed E-state index contributed by atoms with van der Waals surface area (Å²) in [6.07, 6.45) is 6.49. The molecule has 2 aromatic rings. The van der Waals surface area contributed by atoms with Crippen molar-refractivity contribution in [3.05, 3.63) is 48.5 Å². The summed E-state index contributed by atoms with van der Waals surface area (Å²) < 4.78 is 21.6. The Kier molecular flexibility index (Phi) is 14.4. The molecule has 0 bridgehead atoms. The molecule has 36 heavy (non-hydrogen) atoms. The Hall–Kier alpha value is -3.42. The van der Waals surface area contributed by atoms with E-state index >= 15 is 0 Å². The number of rotatable bonds is 17. The number of unbranched alkanes of at least 4 members (excludes halogenated alkanes) is 5. The Morgan fingerprint density at radius 2 is 0.944 bits per heavy atom. The first kappa shape index (κ1) is 28.8. The average molecular weight is 501 g/mol. The summed E-state index contributed by atoms with van der Waals surface area (Å²) in [5.41, 5.74) is 1.32. The lowest BCUT2D eigenvalue weighted by Gasteiger charge is -2.09. The number of ether oxygens (including phenoxy) is 4. The first-order valence-corrected chi connectivity index (χ1v) is 12.9. The van der Waals surface area contributed by atoms with E-state index in [1.165, 1.54) is 0 Å².